The molecular weight excluding hydrogens is 292 g/mol. The fourth-order valence-electron chi connectivity index (χ4n) is 2.25. The summed E-state index contributed by atoms with van der Waals surface area (Å²) < 4.78 is 0.943. The first-order valence-corrected chi connectivity index (χ1v) is 7.52. The van der Waals surface area contributed by atoms with Crippen LogP contribution in [0.15, 0.2) is 10.8 Å². The molecule has 4 nitrogen and oxygen atoms in total. The van der Waals surface area contributed by atoms with E-state index in [4.69, 9.17) is 0 Å². The lowest BCUT2D eigenvalue weighted by Crippen LogP contribution is -2.44. The highest BCUT2D eigenvalue weighted by Gasteiger charge is 2.35. The van der Waals surface area contributed by atoms with E-state index in [0.717, 1.165) is 35.5 Å². The van der Waals surface area contributed by atoms with E-state index in [1.54, 1.807) is 6.33 Å². The molecule has 0 aromatic carbocycles. The molecule has 1 heterocycles. The van der Waals surface area contributed by atoms with Gasteiger partial charge in [-0.2, -0.15) is 0 Å². The van der Waals surface area contributed by atoms with Crippen molar-refractivity contribution in [1.29, 1.82) is 0 Å². The van der Waals surface area contributed by atoms with Crippen molar-refractivity contribution < 1.29 is 0 Å². The first kappa shape index (κ1) is 13.6. The van der Waals surface area contributed by atoms with Gasteiger partial charge >= 0.3 is 0 Å². The van der Waals surface area contributed by atoms with E-state index in [1.165, 1.54) is 19.3 Å². The van der Waals surface area contributed by atoms with E-state index in [2.05, 4.69) is 50.4 Å². The Hall–Kier alpha value is -0.840. The lowest BCUT2D eigenvalue weighted by molar-refractivity contribution is 0.268. The fourth-order valence-corrected chi connectivity index (χ4v) is 2.69. The van der Waals surface area contributed by atoms with Crippen molar-refractivity contribution in [3.8, 4) is 0 Å². The first-order chi connectivity index (χ1) is 8.71. The third kappa shape index (κ3) is 2.76. The molecule has 1 aromatic heterocycles. The Bertz CT molecular complexity index is 398. The molecule has 0 saturated heterocycles. The van der Waals surface area contributed by atoms with E-state index in [-0.39, 0.29) is 5.54 Å². The minimum Gasteiger partial charge on any atom is -0.369 e. The minimum absolute atomic E-state index is 0.249. The maximum Gasteiger partial charge on any atom is 0.146 e. The van der Waals surface area contributed by atoms with Crippen LogP contribution in [0.3, 0.4) is 0 Å². The number of nitrogens with one attached hydrogen (secondary N) is 2. The molecule has 0 bridgehead atoms. The quantitative estimate of drug-likeness (QED) is 0.838. The molecule has 0 amide bonds. The Morgan fingerprint density at radius 2 is 2.00 bits per heavy atom. The van der Waals surface area contributed by atoms with Crippen molar-refractivity contribution in [2.45, 2.75) is 51.5 Å². The number of rotatable bonds is 6. The highest BCUT2D eigenvalue weighted by molar-refractivity contribution is 9.10. The van der Waals surface area contributed by atoms with Gasteiger partial charge in [-0.05, 0) is 48.0 Å². The molecule has 1 fully saturated rings. The average molecular weight is 313 g/mol. The molecule has 18 heavy (non-hydrogen) atoms. The van der Waals surface area contributed by atoms with Gasteiger partial charge in [0.15, 0.2) is 0 Å². The van der Waals surface area contributed by atoms with Gasteiger partial charge in [-0.3, -0.25) is 0 Å². The number of nitrogens with zero attached hydrogens (tertiary/aromatic N) is 2. The summed E-state index contributed by atoms with van der Waals surface area (Å²) in [5.74, 6) is 1.78. The number of hydrogen-bond acceptors (Lipinski definition) is 4. The van der Waals surface area contributed by atoms with Crippen molar-refractivity contribution in [3.05, 3.63) is 10.8 Å². The van der Waals surface area contributed by atoms with Gasteiger partial charge in [-0.1, -0.05) is 13.8 Å². The van der Waals surface area contributed by atoms with Gasteiger partial charge in [-0.25, -0.2) is 9.97 Å². The van der Waals surface area contributed by atoms with Crippen LogP contribution in [0.2, 0.25) is 0 Å². The predicted octanol–water partition coefficient (Wildman–Crippen LogP) is 3.81. The molecule has 1 aromatic rings. The molecule has 0 atom stereocenters. The van der Waals surface area contributed by atoms with E-state index in [1.807, 2.05) is 0 Å². The Morgan fingerprint density at radius 1 is 1.28 bits per heavy atom. The summed E-state index contributed by atoms with van der Waals surface area (Å²) in [5.41, 5.74) is 0.249. The summed E-state index contributed by atoms with van der Waals surface area (Å²) in [5, 5.41) is 6.89. The van der Waals surface area contributed by atoms with E-state index < -0.39 is 0 Å². The van der Waals surface area contributed by atoms with Crippen LogP contribution in [-0.2, 0) is 0 Å². The summed E-state index contributed by atoms with van der Waals surface area (Å²) in [4.78, 5) is 8.62. The van der Waals surface area contributed by atoms with Crippen LogP contribution in [0.5, 0.6) is 0 Å². The second-order valence-corrected chi connectivity index (χ2v) is 5.72. The van der Waals surface area contributed by atoms with Crippen molar-refractivity contribution in [2.24, 2.45) is 0 Å². The van der Waals surface area contributed by atoms with Crippen LogP contribution in [0.1, 0.15) is 46.0 Å². The molecule has 5 heteroatoms. The third-order valence-electron chi connectivity index (χ3n) is 3.70. The van der Waals surface area contributed by atoms with Gasteiger partial charge in [0.1, 0.15) is 22.4 Å². The predicted molar refractivity (Wildman–Crippen MR) is 79.0 cm³/mol. The topological polar surface area (TPSA) is 49.8 Å². The van der Waals surface area contributed by atoms with E-state index >= 15 is 0 Å². The fraction of sp³-hybridized carbons (Fsp3) is 0.692. The van der Waals surface area contributed by atoms with Gasteiger partial charge in [0.25, 0.3) is 0 Å². The second-order valence-electron chi connectivity index (χ2n) is 4.92. The SMILES string of the molecule is CCCNc1ncnc(NC2(CC)CCC2)c1Br. The molecule has 0 aliphatic heterocycles. The zero-order chi connectivity index (χ0) is 13.0. The van der Waals surface area contributed by atoms with Crippen LogP contribution >= 0.6 is 15.9 Å². The average Bonchev–Trinajstić information content (AvgIpc) is 2.34. The number of hydrogen-bond donors (Lipinski definition) is 2. The number of aromatic nitrogens is 2. The molecule has 2 N–H and O–H groups in total. The smallest absolute Gasteiger partial charge is 0.146 e. The molecule has 1 aliphatic rings. The standard InChI is InChI=1S/C13H21BrN4/c1-3-8-15-11-10(14)12(17-9-16-11)18-13(4-2)6-5-7-13/h9H,3-8H2,1-2H3,(H2,15,16,17,18). The monoisotopic (exact) mass is 312 g/mol. The van der Waals surface area contributed by atoms with Crippen molar-refractivity contribution in [1.82, 2.24) is 9.97 Å². The largest absolute Gasteiger partial charge is 0.369 e. The van der Waals surface area contributed by atoms with Crippen molar-refractivity contribution in [2.75, 3.05) is 17.2 Å². The molecular formula is C13H21BrN4. The molecule has 0 radical (unpaired) electrons. The van der Waals surface area contributed by atoms with Crippen LogP contribution in [0.25, 0.3) is 0 Å². The van der Waals surface area contributed by atoms with E-state index in [0.29, 0.717) is 0 Å². The summed E-state index contributed by atoms with van der Waals surface area (Å²) in [6.07, 6.45) is 7.62. The lowest BCUT2D eigenvalue weighted by atomic mass is 9.75. The summed E-state index contributed by atoms with van der Waals surface area (Å²) in [7, 11) is 0. The normalized spacial score (nSPS) is 17.1. The molecule has 100 valence electrons. The van der Waals surface area contributed by atoms with Gasteiger partial charge in [0, 0.05) is 12.1 Å². The highest BCUT2D eigenvalue weighted by Crippen LogP contribution is 2.39. The minimum atomic E-state index is 0.249. The maximum absolute atomic E-state index is 4.35. The third-order valence-corrected chi connectivity index (χ3v) is 4.45. The molecule has 2 rings (SSSR count). The zero-order valence-corrected chi connectivity index (χ0v) is 12.7. The Balaban J connectivity index is 2.12. The van der Waals surface area contributed by atoms with E-state index in [9.17, 15) is 0 Å². The molecule has 1 saturated carbocycles. The van der Waals surface area contributed by atoms with Gasteiger partial charge in [-0.15, -0.1) is 0 Å². The second kappa shape index (κ2) is 5.87. The molecule has 0 spiro atoms. The first-order valence-electron chi connectivity index (χ1n) is 6.73. The Labute approximate surface area is 117 Å². The van der Waals surface area contributed by atoms with Crippen LogP contribution in [-0.4, -0.2) is 22.1 Å². The van der Waals surface area contributed by atoms with Crippen molar-refractivity contribution in [3.63, 3.8) is 0 Å². The van der Waals surface area contributed by atoms with Crippen LogP contribution in [0, 0.1) is 0 Å². The Morgan fingerprint density at radius 3 is 2.56 bits per heavy atom. The lowest BCUT2D eigenvalue weighted by Gasteiger charge is -2.42. The van der Waals surface area contributed by atoms with Gasteiger partial charge in [0.2, 0.25) is 0 Å². The summed E-state index contributed by atoms with van der Waals surface area (Å²) in [6, 6.07) is 0. The Kier molecular flexibility index (Phi) is 4.43. The van der Waals surface area contributed by atoms with Crippen LogP contribution < -0.4 is 10.6 Å². The zero-order valence-electron chi connectivity index (χ0n) is 11.1. The van der Waals surface area contributed by atoms with Gasteiger partial charge in [0.05, 0.1) is 0 Å². The number of anilines is 2. The van der Waals surface area contributed by atoms with Crippen molar-refractivity contribution >= 4 is 27.6 Å². The number of halogens is 1. The molecule has 0 unspecified atom stereocenters. The van der Waals surface area contributed by atoms with Crippen LogP contribution in [0.4, 0.5) is 11.6 Å². The highest BCUT2D eigenvalue weighted by atomic mass is 79.9. The summed E-state index contributed by atoms with van der Waals surface area (Å²) >= 11 is 3.60. The van der Waals surface area contributed by atoms with Gasteiger partial charge < -0.3 is 10.6 Å². The summed E-state index contributed by atoms with van der Waals surface area (Å²) in [6.45, 7) is 5.30. The molecule has 1 aliphatic carbocycles. The maximum atomic E-state index is 4.35.